The van der Waals surface area contributed by atoms with Gasteiger partial charge in [-0.05, 0) is 54.6 Å². The average Bonchev–Trinajstić information content (AvgIpc) is 2.81. The first-order valence-electron chi connectivity index (χ1n) is 9.01. The standard InChI is InChI=1S/C22H18ClN3O5/c1-29-19-12-7-14(13-20(19)30-2)22(28)31-26-16-10-8-15(9-11-16)24-25-21(27)17-5-3-4-6-18(17)23/h3-13,26H,1-2H3. The summed E-state index contributed by atoms with van der Waals surface area (Å²) >= 11 is 5.97. The van der Waals surface area contributed by atoms with Crippen LogP contribution in [0.3, 0.4) is 0 Å². The van der Waals surface area contributed by atoms with Crippen LogP contribution in [-0.4, -0.2) is 26.1 Å². The number of hydrogen-bond acceptors (Lipinski definition) is 7. The number of halogens is 1. The zero-order valence-electron chi connectivity index (χ0n) is 16.7. The molecule has 1 N–H and O–H groups in total. The lowest BCUT2D eigenvalue weighted by atomic mass is 10.2. The number of hydrogen-bond donors (Lipinski definition) is 1. The summed E-state index contributed by atoms with van der Waals surface area (Å²) in [6, 6.07) is 17.7. The van der Waals surface area contributed by atoms with Crippen molar-refractivity contribution < 1.29 is 23.9 Å². The summed E-state index contributed by atoms with van der Waals surface area (Å²) in [7, 11) is 2.99. The number of anilines is 1. The van der Waals surface area contributed by atoms with Gasteiger partial charge in [0.05, 0.1) is 41.7 Å². The van der Waals surface area contributed by atoms with Crippen LogP contribution in [0.5, 0.6) is 11.5 Å². The summed E-state index contributed by atoms with van der Waals surface area (Å²) in [5.74, 6) is -0.227. The first-order valence-corrected chi connectivity index (χ1v) is 9.39. The maximum absolute atomic E-state index is 12.2. The van der Waals surface area contributed by atoms with Gasteiger partial charge in [0.15, 0.2) is 11.5 Å². The van der Waals surface area contributed by atoms with E-state index >= 15 is 0 Å². The van der Waals surface area contributed by atoms with Crippen molar-refractivity contribution in [2.75, 3.05) is 19.7 Å². The van der Waals surface area contributed by atoms with E-state index in [0.717, 1.165) is 0 Å². The molecule has 3 aromatic rings. The van der Waals surface area contributed by atoms with E-state index in [-0.39, 0.29) is 11.1 Å². The Hall–Kier alpha value is -3.91. The lowest BCUT2D eigenvalue weighted by molar-refractivity contribution is 0.0596. The zero-order valence-corrected chi connectivity index (χ0v) is 17.4. The third-order valence-corrected chi connectivity index (χ3v) is 4.44. The number of ether oxygens (including phenoxy) is 2. The molecule has 3 rings (SSSR count). The molecule has 0 atom stereocenters. The van der Waals surface area contributed by atoms with Gasteiger partial charge in [-0.2, -0.15) is 0 Å². The van der Waals surface area contributed by atoms with Gasteiger partial charge in [-0.25, -0.2) is 10.3 Å². The van der Waals surface area contributed by atoms with Gasteiger partial charge in [-0.3, -0.25) is 4.79 Å². The molecule has 0 saturated heterocycles. The molecule has 0 aliphatic heterocycles. The predicted molar refractivity (Wildman–Crippen MR) is 115 cm³/mol. The molecule has 0 unspecified atom stereocenters. The van der Waals surface area contributed by atoms with Crippen molar-refractivity contribution in [2.45, 2.75) is 0 Å². The van der Waals surface area contributed by atoms with Crippen LogP contribution in [0, 0.1) is 0 Å². The van der Waals surface area contributed by atoms with Gasteiger partial charge in [0.2, 0.25) is 0 Å². The highest BCUT2D eigenvalue weighted by atomic mass is 35.5. The Morgan fingerprint density at radius 1 is 0.903 bits per heavy atom. The van der Waals surface area contributed by atoms with E-state index in [0.29, 0.717) is 27.9 Å². The molecule has 0 aromatic heterocycles. The van der Waals surface area contributed by atoms with Crippen LogP contribution in [0.4, 0.5) is 11.4 Å². The topological polar surface area (TPSA) is 98.6 Å². The van der Waals surface area contributed by atoms with Crippen molar-refractivity contribution in [3.63, 3.8) is 0 Å². The molecule has 0 heterocycles. The van der Waals surface area contributed by atoms with Crippen molar-refractivity contribution in [3.8, 4) is 11.5 Å². The number of methoxy groups -OCH3 is 2. The minimum Gasteiger partial charge on any atom is -0.493 e. The van der Waals surface area contributed by atoms with Crippen molar-refractivity contribution in [1.29, 1.82) is 0 Å². The van der Waals surface area contributed by atoms with Gasteiger partial charge < -0.3 is 14.3 Å². The molecule has 9 heteroatoms. The Bertz CT molecular complexity index is 1120. The molecular formula is C22H18ClN3O5. The molecule has 0 bridgehead atoms. The molecule has 158 valence electrons. The van der Waals surface area contributed by atoms with E-state index in [2.05, 4.69) is 15.7 Å². The van der Waals surface area contributed by atoms with Gasteiger partial charge in [-0.1, -0.05) is 23.7 Å². The summed E-state index contributed by atoms with van der Waals surface area (Å²) in [5, 5.41) is 7.88. The normalized spacial score (nSPS) is 10.5. The van der Waals surface area contributed by atoms with Crippen molar-refractivity contribution >= 4 is 34.9 Å². The molecule has 0 aliphatic carbocycles. The van der Waals surface area contributed by atoms with E-state index in [1.165, 1.54) is 20.3 Å². The number of rotatable bonds is 7. The number of azo groups is 1. The Kier molecular flexibility index (Phi) is 7.18. The highest BCUT2D eigenvalue weighted by molar-refractivity contribution is 6.33. The third-order valence-electron chi connectivity index (χ3n) is 4.11. The SMILES string of the molecule is COc1ccc(C(=O)ONc2ccc(N=NC(=O)c3ccccc3Cl)cc2)cc1OC. The highest BCUT2D eigenvalue weighted by Crippen LogP contribution is 2.28. The molecule has 1 amide bonds. The van der Waals surface area contributed by atoms with Crippen LogP contribution in [0.2, 0.25) is 5.02 Å². The maximum Gasteiger partial charge on any atom is 0.362 e. The molecule has 0 spiro atoms. The Morgan fingerprint density at radius 2 is 1.61 bits per heavy atom. The minimum atomic E-state index is -0.602. The summed E-state index contributed by atoms with van der Waals surface area (Å²) in [6.07, 6.45) is 0. The second-order valence-electron chi connectivity index (χ2n) is 6.09. The molecule has 0 saturated carbocycles. The summed E-state index contributed by atoms with van der Waals surface area (Å²) in [5.41, 5.74) is 4.06. The summed E-state index contributed by atoms with van der Waals surface area (Å²) < 4.78 is 10.3. The molecule has 0 aliphatic rings. The predicted octanol–water partition coefficient (Wildman–Crippen LogP) is 5.47. The summed E-state index contributed by atoms with van der Waals surface area (Å²) in [6.45, 7) is 0. The monoisotopic (exact) mass is 439 g/mol. The Morgan fingerprint density at radius 3 is 2.29 bits per heavy atom. The fraction of sp³-hybridized carbons (Fsp3) is 0.0909. The molecule has 3 aromatic carbocycles. The third kappa shape index (κ3) is 5.58. The molecule has 0 fully saturated rings. The minimum absolute atomic E-state index is 0.272. The van der Waals surface area contributed by atoms with E-state index in [1.54, 1.807) is 60.7 Å². The van der Waals surface area contributed by atoms with Crippen molar-refractivity contribution in [2.24, 2.45) is 10.2 Å². The molecule has 31 heavy (non-hydrogen) atoms. The Balaban J connectivity index is 1.59. The van der Waals surface area contributed by atoms with E-state index < -0.39 is 11.9 Å². The number of benzene rings is 3. The molecule has 0 radical (unpaired) electrons. The quantitative estimate of drug-likeness (QED) is 0.387. The van der Waals surface area contributed by atoms with Crippen LogP contribution in [0.15, 0.2) is 77.0 Å². The second kappa shape index (κ2) is 10.2. The number of nitrogens with one attached hydrogen (secondary N) is 1. The van der Waals surface area contributed by atoms with Crippen LogP contribution < -0.4 is 15.0 Å². The fourth-order valence-corrected chi connectivity index (χ4v) is 2.73. The highest BCUT2D eigenvalue weighted by Gasteiger charge is 2.12. The van der Waals surface area contributed by atoms with Gasteiger partial charge in [0, 0.05) is 0 Å². The molecule has 8 nitrogen and oxygen atoms in total. The van der Waals surface area contributed by atoms with Crippen LogP contribution in [-0.2, 0) is 4.84 Å². The first-order chi connectivity index (χ1) is 15.0. The average molecular weight is 440 g/mol. The lowest BCUT2D eigenvalue weighted by Crippen LogP contribution is -2.11. The van der Waals surface area contributed by atoms with E-state index in [1.807, 2.05) is 0 Å². The number of nitrogens with zero attached hydrogens (tertiary/aromatic N) is 2. The van der Waals surface area contributed by atoms with Gasteiger partial charge >= 0.3 is 5.97 Å². The van der Waals surface area contributed by atoms with Gasteiger partial charge in [0.1, 0.15) is 0 Å². The fourth-order valence-electron chi connectivity index (χ4n) is 2.52. The number of carbonyl (C=O) groups is 2. The number of amides is 1. The van der Waals surface area contributed by atoms with Crippen molar-refractivity contribution in [1.82, 2.24) is 0 Å². The smallest absolute Gasteiger partial charge is 0.362 e. The van der Waals surface area contributed by atoms with Crippen LogP contribution in [0.1, 0.15) is 20.7 Å². The largest absolute Gasteiger partial charge is 0.493 e. The number of carbonyl (C=O) groups excluding carboxylic acids is 2. The summed E-state index contributed by atoms with van der Waals surface area (Å²) in [4.78, 5) is 29.4. The van der Waals surface area contributed by atoms with Crippen LogP contribution >= 0.6 is 11.6 Å². The van der Waals surface area contributed by atoms with Crippen molar-refractivity contribution in [3.05, 3.63) is 82.9 Å². The van der Waals surface area contributed by atoms with E-state index in [9.17, 15) is 9.59 Å². The van der Waals surface area contributed by atoms with Gasteiger partial charge in [-0.15, -0.1) is 10.2 Å². The van der Waals surface area contributed by atoms with Crippen LogP contribution in [0.25, 0.3) is 0 Å². The second-order valence-corrected chi connectivity index (χ2v) is 6.50. The zero-order chi connectivity index (χ0) is 22.2. The van der Waals surface area contributed by atoms with E-state index in [4.69, 9.17) is 25.9 Å². The maximum atomic E-state index is 12.2. The lowest BCUT2D eigenvalue weighted by Gasteiger charge is -2.10. The van der Waals surface area contributed by atoms with Gasteiger partial charge in [0.25, 0.3) is 5.91 Å². The Labute approximate surface area is 183 Å². The molecular weight excluding hydrogens is 422 g/mol. The first kappa shape index (κ1) is 21.8.